The third kappa shape index (κ3) is 2.29. The topological polar surface area (TPSA) is 28.7 Å². The van der Waals surface area contributed by atoms with Crippen molar-refractivity contribution in [3.05, 3.63) is 64.1 Å². The minimum atomic E-state index is -0.215. The van der Waals surface area contributed by atoms with Crippen molar-refractivity contribution in [2.75, 3.05) is 0 Å². The molecule has 0 amide bonds. The summed E-state index contributed by atoms with van der Waals surface area (Å²) in [4.78, 5) is 7.77. The molecule has 0 atom stereocenters. The van der Waals surface area contributed by atoms with Crippen LogP contribution in [-0.4, -0.2) is 9.97 Å². The summed E-state index contributed by atoms with van der Waals surface area (Å²) in [6.45, 7) is 0. The van der Waals surface area contributed by atoms with E-state index in [-0.39, 0.29) is 5.82 Å². The lowest BCUT2D eigenvalue weighted by Crippen LogP contribution is -1.90. The molecule has 0 aliphatic heterocycles. The minimum Gasteiger partial charge on any atom is -0.342 e. The van der Waals surface area contributed by atoms with Crippen molar-refractivity contribution in [1.82, 2.24) is 9.97 Å². The van der Waals surface area contributed by atoms with Crippen LogP contribution in [0.4, 0.5) is 4.39 Å². The van der Waals surface area contributed by atoms with Crippen molar-refractivity contribution in [1.29, 1.82) is 0 Å². The first-order valence-electron chi connectivity index (χ1n) is 5.59. The fraction of sp³-hybridized carbons (Fsp3) is 0.0714. The maximum Gasteiger partial charge on any atom is 0.123 e. The van der Waals surface area contributed by atoms with Crippen LogP contribution in [0.15, 0.2) is 46.9 Å². The molecule has 18 heavy (non-hydrogen) atoms. The Morgan fingerprint density at radius 2 is 1.89 bits per heavy atom. The largest absolute Gasteiger partial charge is 0.342 e. The van der Waals surface area contributed by atoms with Crippen LogP contribution in [-0.2, 0) is 6.42 Å². The molecule has 90 valence electrons. The molecule has 1 heterocycles. The van der Waals surface area contributed by atoms with E-state index < -0.39 is 0 Å². The van der Waals surface area contributed by atoms with Gasteiger partial charge in [-0.1, -0.05) is 28.1 Å². The lowest BCUT2D eigenvalue weighted by Gasteiger charge is -1.97. The van der Waals surface area contributed by atoms with Gasteiger partial charge in [-0.25, -0.2) is 9.37 Å². The average molecular weight is 305 g/mol. The van der Waals surface area contributed by atoms with Crippen molar-refractivity contribution in [3.63, 3.8) is 0 Å². The predicted octanol–water partition coefficient (Wildman–Crippen LogP) is 4.06. The molecule has 0 aliphatic rings. The summed E-state index contributed by atoms with van der Waals surface area (Å²) >= 11 is 3.43. The molecule has 1 aromatic heterocycles. The first-order valence-corrected chi connectivity index (χ1v) is 6.38. The fourth-order valence-electron chi connectivity index (χ4n) is 1.91. The van der Waals surface area contributed by atoms with Gasteiger partial charge in [0.05, 0.1) is 11.0 Å². The number of imidazole rings is 1. The van der Waals surface area contributed by atoms with E-state index in [9.17, 15) is 4.39 Å². The normalized spacial score (nSPS) is 11.0. The van der Waals surface area contributed by atoms with Gasteiger partial charge in [0.2, 0.25) is 0 Å². The van der Waals surface area contributed by atoms with Gasteiger partial charge in [0.15, 0.2) is 0 Å². The summed E-state index contributed by atoms with van der Waals surface area (Å²) in [5, 5.41) is 0. The van der Waals surface area contributed by atoms with E-state index >= 15 is 0 Å². The van der Waals surface area contributed by atoms with E-state index in [1.807, 2.05) is 18.2 Å². The third-order valence-corrected chi connectivity index (χ3v) is 3.27. The Balaban J connectivity index is 1.92. The number of aromatic amines is 1. The zero-order valence-corrected chi connectivity index (χ0v) is 11.0. The standard InChI is InChI=1S/C14H10BrFN2/c15-10-3-6-12-13(8-10)18-14(17-12)7-9-1-4-11(16)5-2-9/h1-6,8H,7H2,(H,17,18). The molecule has 0 unspecified atom stereocenters. The number of hydrogen-bond donors (Lipinski definition) is 1. The highest BCUT2D eigenvalue weighted by Crippen LogP contribution is 2.19. The lowest BCUT2D eigenvalue weighted by atomic mass is 10.1. The van der Waals surface area contributed by atoms with Gasteiger partial charge in [-0.05, 0) is 35.9 Å². The van der Waals surface area contributed by atoms with E-state index in [1.165, 1.54) is 12.1 Å². The Bertz CT molecular complexity index is 689. The van der Waals surface area contributed by atoms with E-state index in [4.69, 9.17) is 0 Å². The molecule has 0 aliphatic carbocycles. The number of hydrogen-bond acceptors (Lipinski definition) is 1. The molecule has 0 bridgehead atoms. The van der Waals surface area contributed by atoms with Gasteiger partial charge < -0.3 is 4.98 Å². The zero-order chi connectivity index (χ0) is 12.5. The zero-order valence-electron chi connectivity index (χ0n) is 9.45. The molecule has 0 radical (unpaired) electrons. The molecule has 4 heteroatoms. The summed E-state index contributed by atoms with van der Waals surface area (Å²) in [6, 6.07) is 12.4. The number of H-pyrrole nitrogens is 1. The third-order valence-electron chi connectivity index (χ3n) is 2.78. The molecule has 0 saturated heterocycles. The van der Waals surface area contributed by atoms with E-state index in [1.54, 1.807) is 12.1 Å². The number of rotatable bonds is 2. The molecule has 2 nitrogen and oxygen atoms in total. The fourth-order valence-corrected chi connectivity index (χ4v) is 2.28. The van der Waals surface area contributed by atoms with Crippen molar-refractivity contribution in [2.45, 2.75) is 6.42 Å². The molecule has 3 aromatic rings. The maximum absolute atomic E-state index is 12.8. The minimum absolute atomic E-state index is 0.215. The Labute approximate surface area is 112 Å². The Kier molecular flexibility index (Phi) is 2.88. The van der Waals surface area contributed by atoms with Crippen molar-refractivity contribution in [2.24, 2.45) is 0 Å². The van der Waals surface area contributed by atoms with Crippen molar-refractivity contribution < 1.29 is 4.39 Å². The molecular formula is C14H10BrFN2. The second kappa shape index (κ2) is 4.53. The smallest absolute Gasteiger partial charge is 0.123 e. The Hall–Kier alpha value is -1.68. The molecule has 3 rings (SSSR count). The number of nitrogens with one attached hydrogen (secondary N) is 1. The first kappa shape index (κ1) is 11.4. The molecule has 0 saturated carbocycles. The van der Waals surface area contributed by atoms with Crippen LogP contribution in [0.5, 0.6) is 0 Å². The average Bonchev–Trinajstić information content (AvgIpc) is 2.73. The molecule has 2 aromatic carbocycles. The van der Waals surface area contributed by atoms with Crippen LogP contribution < -0.4 is 0 Å². The van der Waals surface area contributed by atoms with Gasteiger partial charge in [0.25, 0.3) is 0 Å². The van der Waals surface area contributed by atoms with Gasteiger partial charge in [-0.2, -0.15) is 0 Å². The Morgan fingerprint density at radius 1 is 1.11 bits per heavy atom. The van der Waals surface area contributed by atoms with E-state index in [2.05, 4.69) is 25.9 Å². The molecule has 0 spiro atoms. The van der Waals surface area contributed by atoms with Crippen LogP contribution in [0.25, 0.3) is 11.0 Å². The highest BCUT2D eigenvalue weighted by atomic mass is 79.9. The monoisotopic (exact) mass is 304 g/mol. The van der Waals surface area contributed by atoms with Crippen LogP contribution in [0.1, 0.15) is 11.4 Å². The summed E-state index contributed by atoms with van der Waals surface area (Å²) in [7, 11) is 0. The lowest BCUT2D eigenvalue weighted by molar-refractivity contribution is 0.627. The highest BCUT2D eigenvalue weighted by Gasteiger charge is 2.04. The van der Waals surface area contributed by atoms with E-state index in [0.717, 1.165) is 26.9 Å². The number of benzene rings is 2. The van der Waals surface area contributed by atoms with Crippen LogP contribution in [0.3, 0.4) is 0 Å². The van der Waals surface area contributed by atoms with Gasteiger partial charge >= 0.3 is 0 Å². The number of aromatic nitrogens is 2. The second-order valence-electron chi connectivity index (χ2n) is 4.15. The first-order chi connectivity index (χ1) is 8.70. The quantitative estimate of drug-likeness (QED) is 0.760. The van der Waals surface area contributed by atoms with Crippen LogP contribution >= 0.6 is 15.9 Å². The summed E-state index contributed by atoms with van der Waals surface area (Å²) in [6.07, 6.45) is 0.673. The number of halogens is 2. The summed E-state index contributed by atoms with van der Waals surface area (Å²) in [5.41, 5.74) is 2.98. The Morgan fingerprint density at radius 3 is 2.67 bits per heavy atom. The van der Waals surface area contributed by atoms with Gasteiger partial charge in [-0.15, -0.1) is 0 Å². The number of fused-ring (bicyclic) bond motifs is 1. The second-order valence-corrected chi connectivity index (χ2v) is 5.06. The SMILES string of the molecule is Fc1ccc(Cc2nc3ccc(Br)cc3[nH]2)cc1. The van der Waals surface area contributed by atoms with Crippen molar-refractivity contribution >= 4 is 27.0 Å². The summed E-state index contributed by atoms with van der Waals surface area (Å²) < 4.78 is 13.8. The molecule has 0 fully saturated rings. The van der Waals surface area contributed by atoms with Crippen LogP contribution in [0.2, 0.25) is 0 Å². The van der Waals surface area contributed by atoms with E-state index in [0.29, 0.717) is 6.42 Å². The highest BCUT2D eigenvalue weighted by molar-refractivity contribution is 9.10. The predicted molar refractivity (Wildman–Crippen MR) is 73.0 cm³/mol. The van der Waals surface area contributed by atoms with Gasteiger partial charge in [-0.3, -0.25) is 0 Å². The summed E-state index contributed by atoms with van der Waals surface area (Å²) in [5.74, 6) is 0.669. The maximum atomic E-state index is 12.8. The number of nitrogens with zero attached hydrogens (tertiary/aromatic N) is 1. The molecule has 1 N–H and O–H groups in total. The molecular weight excluding hydrogens is 295 g/mol. The van der Waals surface area contributed by atoms with Gasteiger partial charge in [0.1, 0.15) is 11.6 Å². The van der Waals surface area contributed by atoms with Gasteiger partial charge in [0, 0.05) is 10.9 Å². The van der Waals surface area contributed by atoms with Crippen LogP contribution in [0, 0.1) is 5.82 Å². The van der Waals surface area contributed by atoms with Crippen molar-refractivity contribution in [3.8, 4) is 0 Å².